The molecule has 2 fully saturated rings. The van der Waals surface area contributed by atoms with Gasteiger partial charge in [0.05, 0.1) is 35.5 Å². The fourth-order valence-electron chi connectivity index (χ4n) is 6.64. The summed E-state index contributed by atoms with van der Waals surface area (Å²) in [7, 11) is 4.12. The Hall–Kier alpha value is -4.90. The third-order valence-electron chi connectivity index (χ3n) is 8.60. The molecule has 2 atom stereocenters. The van der Waals surface area contributed by atoms with Crippen LogP contribution in [0.15, 0.2) is 61.4 Å². The molecule has 0 bridgehead atoms. The lowest BCUT2D eigenvalue weighted by Crippen LogP contribution is -2.27. The highest BCUT2D eigenvalue weighted by Gasteiger charge is 2.39. The third-order valence-corrected chi connectivity index (χ3v) is 8.60. The molecule has 4 aromatic rings. The number of para-hydroxylation sites is 1. The molecule has 46 heavy (non-hydrogen) atoms. The Kier molecular flexibility index (Phi) is 8.68. The topological polar surface area (TPSA) is 114 Å². The fourth-order valence-corrected chi connectivity index (χ4v) is 6.64. The first-order valence-electron chi connectivity index (χ1n) is 15.7. The lowest BCUT2D eigenvalue weighted by Gasteiger charge is -2.26. The van der Waals surface area contributed by atoms with Crippen molar-refractivity contribution in [2.45, 2.75) is 26.9 Å². The van der Waals surface area contributed by atoms with E-state index in [1.54, 1.807) is 13.8 Å². The highest BCUT2D eigenvalue weighted by molar-refractivity contribution is 6.04. The van der Waals surface area contributed by atoms with Crippen LogP contribution in [0.2, 0.25) is 0 Å². The second kappa shape index (κ2) is 12.8. The van der Waals surface area contributed by atoms with Gasteiger partial charge in [-0.15, -0.1) is 0 Å². The second-order valence-corrected chi connectivity index (χ2v) is 12.3. The smallest absolute Gasteiger partial charge is 0.342 e. The van der Waals surface area contributed by atoms with Crippen molar-refractivity contribution in [1.29, 1.82) is 0 Å². The molecule has 2 saturated heterocycles. The molecule has 11 nitrogen and oxygen atoms in total. The summed E-state index contributed by atoms with van der Waals surface area (Å²) in [5, 5.41) is 7.26. The van der Waals surface area contributed by atoms with Gasteiger partial charge >= 0.3 is 5.97 Å². The van der Waals surface area contributed by atoms with Crippen LogP contribution in [0.25, 0.3) is 22.2 Å². The number of likely N-dealkylation sites (tertiary alicyclic amines) is 1. The standard InChI is InChI=1S/C35H41N7O4/c1-7-32(43)37-27-13-28(31(45-8-2)14-30(27)42-18-22-16-40(5)17-23(22)19-42)38-35-36-15-25(34(44)46-21(3)4)33(39-35)26-20-41(6)29-12-10-9-11-24(26)29/h7,9-15,20-23H,1,8,16-19H2,2-6H3,(H,37,43)(H,36,38,39)/t22-,23+. The molecule has 1 amide bonds. The Morgan fingerprint density at radius 2 is 1.83 bits per heavy atom. The molecule has 0 spiro atoms. The lowest BCUT2D eigenvalue weighted by molar-refractivity contribution is -0.111. The molecule has 6 rings (SSSR count). The number of anilines is 4. The molecule has 4 heterocycles. The van der Waals surface area contributed by atoms with Crippen LogP contribution in [0.1, 0.15) is 31.1 Å². The van der Waals surface area contributed by atoms with E-state index in [9.17, 15) is 9.59 Å². The van der Waals surface area contributed by atoms with E-state index in [0.29, 0.717) is 41.3 Å². The molecule has 0 saturated carbocycles. The number of carbonyl (C=O) groups excluding carboxylic acids is 2. The molecule has 0 aliphatic carbocycles. The maximum Gasteiger partial charge on any atom is 0.342 e. The second-order valence-electron chi connectivity index (χ2n) is 12.3. The first-order valence-corrected chi connectivity index (χ1v) is 15.7. The van der Waals surface area contributed by atoms with Crippen LogP contribution in [0.5, 0.6) is 5.75 Å². The van der Waals surface area contributed by atoms with E-state index in [-0.39, 0.29) is 23.5 Å². The van der Waals surface area contributed by atoms with Crippen LogP contribution >= 0.6 is 0 Å². The van der Waals surface area contributed by atoms with Gasteiger partial charge in [0.2, 0.25) is 11.9 Å². The molecule has 2 aromatic heterocycles. The van der Waals surface area contributed by atoms with Gasteiger partial charge in [-0.25, -0.2) is 14.8 Å². The van der Waals surface area contributed by atoms with Crippen LogP contribution in [0.4, 0.5) is 23.0 Å². The Morgan fingerprint density at radius 3 is 2.52 bits per heavy atom. The van der Waals surface area contributed by atoms with E-state index < -0.39 is 5.97 Å². The predicted molar refractivity (Wildman–Crippen MR) is 181 cm³/mol. The number of benzene rings is 2. The summed E-state index contributed by atoms with van der Waals surface area (Å²) in [6.07, 6.45) is 4.40. The van der Waals surface area contributed by atoms with Crippen molar-refractivity contribution < 1.29 is 19.1 Å². The quantitative estimate of drug-likeness (QED) is 0.176. The molecule has 0 radical (unpaired) electrons. The number of amides is 1. The number of hydrogen-bond donors (Lipinski definition) is 2. The maximum absolute atomic E-state index is 13.2. The lowest BCUT2D eigenvalue weighted by atomic mass is 10.0. The van der Waals surface area contributed by atoms with Crippen molar-refractivity contribution in [2.24, 2.45) is 18.9 Å². The number of carbonyl (C=O) groups is 2. The Bertz CT molecular complexity index is 1790. The zero-order valence-corrected chi connectivity index (χ0v) is 27.0. The van der Waals surface area contributed by atoms with Crippen molar-refractivity contribution in [1.82, 2.24) is 19.4 Å². The first kappa shape index (κ1) is 31.1. The minimum absolute atomic E-state index is 0.262. The van der Waals surface area contributed by atoms with E-state index in [2.05, 4.69) is 39.0 Å². The van der Waals surface area contributed by atoms with E-state index in [1.165, 1.54) is 12.3 Å². The van der Waals surface area contributed by atoms with Gasteiger partial charge in [0.15, 0.2) is 0 Å². The molecule has 240 valence electrons. The zero-order chi connectivity index (χ0) is 32.5. The fraction of sp³-hybridized carbons (Fsp3) is 0.371. The third kappa shape index (κ3) is 6.15. The number of rotatable bonds is 10. The summed E-state index contributed by atoms with van der Waals surface area (Å²) in [5.41, 5.74) is 4.60. The van der Waals surface area contributed by atoms with Gasteiger partial charge in [0, 0.05) is 68.2 Å². The monoisotopic (exact) mass is 623 g/mol. The number of nitrogens with one attached hydrogen (secondary N) is 2. The summed E-state index contributed by atoms with van der Waals surface area (Å²) >= 11 is 0. The summed E-state index contributed by atoms with van der Waals surface area (Å²) in [6.45, 7) is 13.5. The number of aryl methyl sites for hydroxylation is 1. The molecule has 2 aromatic carbocycles. The van der Waals surface area contributed by atoms with Crippen molar-refractivity contribution in [3.63, 3.8) is 0 Å². The largest absolute Gasteiger partial charge is 0.492 e. The summed E-state index contributed by atoms with van der Waals surface area (Å²) < 4.78 is 13.7. The van der Waals surface area contributed by atoms with Crippen molar-refractivity contribution in [3.8, 4) is 17.0 Å². The zero-order valence-electron chi connectivity index (χ0n) is 27.0. The minimum Gasteiger partial charge on any atom is -0.492 e. The van der Waals surface area contributed by atoms with Gasteiger partial charge in [-0.1, -0.05) is 24.8 Å². The predicted octanol–water partition coefficient (Wildman–Crippen LogP) is 5.47. The molecule has 2 aliphatic heterocycles. The van der Waals surface area contributed by atoms with E-state index in [4.69, 9.17) is 14.5 Å². The Balaban J connectivity index is 1.42. The summed E-state index contributed by atoms with van der Waals surface area (Å²) in [5.74, 6) is 1.20. The maximum atomic E-state index is 13.2. The van der Waals surface area contributed by atoms with Crippen LogP contribution in [-0.2, 0) is 16.6 Å². The van der Waals surface area contributed by atoms with Crippen LogP contribution in [-0.4, -0.2) is 77.2 Å². The van der Waals surface area contributed by atoms with E-state index in [1.807, 2.05) is 61.1 Å². The molecule has 0 unspecified atom stereocenters. The average molecular weight is 624 g/mol. The minimum atomic E-state index is -0.500. The number of aromatic nitrogens is 3. The number of esters is 1. The molecular formula is C35H41N7O4. The van der Waals surface area contributed by atoms with E-state index in [0.717, 1.165) is 48.3 Å². The SMILES string of the molecule is C=CC(=O)Nc1cc(Nc2ncc(C(=O)OC(C)C)c(-c3cn(C)c4ccccc34)n2)c(OCC)cc1N1C[C@H]2CN(C)C[C@H]2C1. The van der Waals surface area contributed by atoms with Gasteiger partial charge in [-0.3, -0.25) is 4.79 Å². The first-order chi connectivity index (χ1) is 22.1. The average Bonchev–Trinajstić information content (AvgIpc) is 3.68. The van der Waals surface area contributed by atoms with Crippen molar-refractivity contribution in [2.75, 3.05) is 55.4 Å². The Morgan fingerprint density at radius 1 is 1.09 bits per heavy atom. The van der Waals surface area contributed by atoms with E-state index >= 15 is 0 Å². The molecular weight excluding hydrogens is 582 g/mol. The van der Waals surface area contributed by atoms with Gasteiger partial charge in [-0.05, 0) is 57.9 Å². The molecule has 11 heteroatoms. The summed E-state index contributed by atoms with van der Waals surface area (Å²) in [4.78, 5) is 39.9. The van der Waals surface area contributed by atoms with Gasteiger partial charge in [-0.2, -0.15) is 0 Å². The highest BCUT2D eigenvalue weighted by Crippen LogP contribution is 2.42. The van der Waals surface area contributed by atoms with Crippen LogP contribution in [0.3, 0.4) is 0 Å². The van der Waals surface area contributed by atoms with Crippen LogP contribution in [0, 0.1) is 11.8 Å². The Labute approximate surface area is 269 Å². The van der Waals surface area contributed by atoms with Gasteiger partial charge in [0.1, 0.15) is 11.3 Å². The van der Waals surface area contributed by atoms with Gasteiger partial charge < -0.3 is 34.5 Å². The number of nitrogens with zero attached hydrogens (tertiary/aromatic N) is 5. The summed E-state index contributed by atoms with van der Waals surface area (Å²) in [6, 6.07) is 11.8. The van der Waals surface area contributed by atoms with Crippen molar-refractivity contribution >= 4 is 45.8 Å². The number of ether oxygens (including phenoxy) is 2. The molecule has 2 aliphatic rings. The highest BCUT2D eigenvalue weighted by atomic mass is 16.5. The number of fused-ring (bicyclic) bond motifs is 2. The van der Waals surface area contributed by atoms with Gasteiger partial charge in [0.25, 0.3) is 0 Å². The van der Waals surface area contributed by atoms with Crippen LogP contribution < -0.4 is 20.3 Å². The number of hydrogen-bond acceptors (Lipinski definition) is 9. The molecule has 2 N–H and O–H groups in total. The normalized spacial score (nSPS) is 17.7. The van der Waals surface area contributed by atoms with Crippen molar-refractivity contribution in [3.05, 3.63) is 67.0 Å².